The molecule has 3 aliphatic rings. The maximum Gasteiger partial charge on any atom is 0.191 e. The maximum atomic E-state index is 9.40. The van der Waals surface area contributed by atoms with Crippen LogP contribution in [-0.4, -0.2) is 54.8 Å². The zero-order valence-electron chi connectivity index (χ0n) is 20.8. The van der Waals surface area contributed by atoms with Gasteiger partial charge < -0.3 is 14.8 Å². The van der Waals surface area contributed by atoms with Crippen LogP contribution in [-0.2, 0) is 9.47 Å². The first-order valence-electron chi connectivity index (χ1n) is 12.8. The van der Waals surface area contributed by atoms with Gasteiger partial charge in [-0.05, 0) is 38.7 Å². The van der Waals surface area contributed by atoms with Crippen molar-refractivity contribution in [3.8, 4) is 6.07 Å². The summed E-state index contributed by atoms with van der Waals surface area (Å²) in [5.74, 6) is 1.52. The standard InChI is InChI=1S/C26H31N7O2S/c1-4-12-36-25-29-23(28-18-14-17(18)15-8-6-5-7-9-15)20-24(30-25)33(32-31-20)19-13-16(10-11-27)21-22(19)35-26(2,3)34-21/h5-9,16-19,21-22H,4,10,12-14H2,1-3H3,(H,28,29,30)/t16-,17+,18-,19+,21+,22-/m1/s1. The van der Waals surface area contributed by atoms with Crippen LogP contribution in [0.15, 0.2) is 35.5 Å². The molecule has 1 aromatic carbocycles. The van der Waals surface area contributed by atoms with Crippen molar-refractivity contribution in [2.24, 2.45) is 5.92 Å². The van der Waals surface area contributed by atoms with E-state index in [-0.39, 0.29) is 24.2 Å². The molecule has 0 unspecified atom stereocenters. The second-order valence-electron chi connectivity index (χ2n) is 10.4. The lowest BCUT2D eigenvalue weighted by molar-refractivity contribution is -0.160. The van der Waals surface area contributed by atoms with Crippen molar-refractivity contribution in [2.45, 2.75) is 87.6 Å². The van der Waals surface area contributed by atoms with Crippen LogP contribution in [0.3, 0.4) is 0 Å². The Morgan fingerprint density at radius 3 is 2.75 bits per heavy atom. The predicted octanol–water partition coefficient (Wildman–Crippen LogP) is 4.69. The predicted molar refractivity (Wildman–Crippen MR) is 137 cm³/mol. The Bertz CT molecular complexity index is 1290. The monoisotopic (exact) mass is 505 g/mol. The topological polar surface area (TPSA) is 111 Å². The summed E-state index contributed by atoms with van der Waals surface area (Å²) in [6.07, 6.45) is 2.91. The second-order valence-corrected chi connectivity index (χ2v) is 11.5. The van der Waals surface area contributed by atoms with Crippen LogP contribution in [0.4, 0.5) is 5.82 Å². The Balaban J connectivity index is 1.34. The van der Waals surface area contributed by atoms with E-state index in [0.717, 1.165) is 36.0 Å². The smallest absolute Gasteiger partial charge is 0.191 e. The van der Waals surface area contributed by atoms with Crippen molar-refractivity contribution < 1.29 is 9.47 Å². The molecule has 2 saturated carbocycles. The summed E-state index contributed by atoms with van der Waals surface area (Å²) in [6, 6.07) is 13.1. The number of thioether (sulfide) groups is 1. The number of benzene rings is 1. The molecule has 0 spiro atoms. The Morgan fingerprint density at radius 1 is 1.17 bits per heavy atom. The number of ether oxygens (including phenoxy) is 2. The van der Waals surface area contributed by atoms with Crippen molar-refractivity contribution >= 4 is 28.7 Å². The van der Waals surface area contributed by atoms with Gasteiger partial charge in [-0.25, -0.2) is 14.6 Å². The van der Waals surface area contributed by atoms with Crippen molar-refractivity contribution in [2.75, 3.05) is 11.1 Å². The zero-order valence-corrected chi connectivity index (χ0v) is 21.6. The number of nitrogens with one attached hydrogen (secondary N) is 1. The first-order chi connectivity index (χ1) is 17.5. The van der Waals surface area contributed by atoms with E-state index in [0.29, 0.717) is 29.5 Å². The molecule has 3 aromatic rings. The first-order valence-corrected chi connectivity index (χ1v) is 13.8. The molecular formula is C26H31N7O2S. The lowest BCUT2D eigenvalue weighted by Gasteiger charge is -2.23. The fourth-order valence-electron chi connectivity index (χ4n) is 5.60. The zero-order chi connectivity index (χ0) is 24.9. The van der Waals surface area contributed by atoms with Gasteiger partial charge in [-0.3, -0.25) is 0 Å². The molecule has 0 bridgehead atoms. The number of nitrogens with zero attached hydrogens (tertiary/aromatic N) is 6. The van der Waals surface area contributed by atoms with Gasteiger partial charge in [0.1, 0.15) is 6.10 Å². The lowest BCUT2D eigenvalue weighted by Crippen LogP contribution is -2.28. The van der Waals surface area contributed by atoms with E-state index in [1.807, 2.05) is 24.6 Å². The molecule has 1 saturated heterocycles. The summed E-state index contributed by atoms with van der Waals surface area (Å²) in [5, 5.41) is 22.9. The Hall–Kier alpha value is -2.74. The first kappa shape index (κ1) is 23.6. The minimum absolute atomic E-state index is 0.0810. The van der Waals surface area contributed by atoms with Crippen LogP contribution in [0.5, 0.6) is 0 Å². The van der Waals surface area contributed by atoms with Crippen LogP contribution < -0.4 is 5.32 Å². The molecule has 10 heteroatoms. The van der Waals surface area contributed by atoms with E-state index in [4.69, 9.17) is 19.4 Å². The molecule has 2 aromatic heterocycles. The molecule has 0 amide bonds. The highest BCUT2D eigenvalue weighted by Gasteiger charge is 2.55. The SMILES string of the molecule is CCCSc1nc(N[C@@H]2C[C@H]2c2ccccc2)c2nnn([C@H]3C[C@@H](CC#N)[C@@H]4OC(C)(C)O[C@@H]43)c2n1. The second kappa shape index (κ2) is 9.29. The molecule has 36 heavy (non-hydrogen) atoms. The van der Waals surface area contributed by atoms with Crippen LogP contribution in [0, 0.1) is 17.2 Å². The van der Waals surface area contributed by atoms with Gasteiger partial charge in [-0.1, -0.05) is 54.2 Å². The van der Waals surface area contributed by atoms with E-state index in [1.165, 1.54) is 5.56 Å². The summed E-state index contributed by atoms with van der Waals surface area (Å²) < 4.78 is 14.4. The number of anilines is 1. The molecule has 9 nitrogen and oxygen atoms in total. The summed E-state index contributed by atoms with van der Waals surface area (Å²) in [7, 11) is 0. The van der Waals surface area contributed by atoms with Gasteiger partial charge in [-0.2, -0.15) is 5.26 Å². The minimum atomic E-state index is -0.694. The summed E-state index contributed by atoms with van der Waals surface area (Å²) in [4.78, 5) is 9.74. The van der Waals surface area contributed by atoms with Gasteiger partial charge >= 0.3 is 0 Å². The van der Waals surface area contributed by atoms with Crippen LogP contribution in [0.25, 0.3) is 11.2 Å². The van der Waals surface area contributed by atoms with Crippen molar-refractivity contribution in [1.82, 2.24) is 25.0 Å². The minimum Gasteiger partial charge on any atom is -0.365 e. The van der Waals surface area contributed by atoms with Gasteiger partial charge in [0, 0.05) is 30.1 Å². The lowest BCUT2D eigenvalue weighted by atomic mass is 10.0. The molecular weight excluding hydrogens is 474 g/mol. The summed E-state index contributed by atoms with van der Waals surface area (Å²) in [5.41, 5.74) is 2.72. The molecule has 188 valence electrons. The average Bonchev–Trinajstić information content (AvgIpc) is 3.21. The van der Waals surface area contributed by atoms with E-state index < -0.39 is 5.79 Å². The van der Waals surface area contributed by atoms with Crippen molar-refractivity contribution in [3.05, 3.63) is 35.9 Å². The van der Waals surface area contributed by atoms with Gasteiger partial charge in [0.2, 0.25) is 0 Å². The highest BCUT2D eigenvalue weighted by Crippen LogP contribution is 2.48. The van der Waals surface area contributed by atoms with E-state index in [1.54, 1.807) is 11.8 Å². The van der Waals surface area contributed by atoms with Crippen LogP contribution in [0.1, 0.15) is 64.0 Å². The number of hydrogen-bond acceptors (Lipinski definition) is 9. The van der Waals surface area contributed by atoms with Gasteiger partial charge in [0.15, 0.2) is 27.9 Å². The van der Waals surface area contributed by atoms with Gasteiger partial charge in [0.25, 0.3) is 0 Å². The molecule has 1 N–H and O–H groups in total. The Morgan fingerprint density at radius 2 is 1.97 bits per heavy atom. The largest absolute Gasteiger partial charge is 0.365 e. The summed E-state index contributed by atoms with van der Waals surface area (Å²) >= 11 is 1.65. The number of rotatable bonds is 8. The molecule has 1 aliphatic heterocycles. The van der Waals surface area contributed by atoms with E-state index >= 15 is 0 Å². The average molecular weight is 506 g/mol. The highest BCUT2D eigenvalue weighted by molar-refractivity contribution is 7.99. The van der Waals surface area contributed by atoms with E-state index in [9.17, 15) is 5.26 Å². The third-order valence-electron chi connectivity index (χ3n) is 7.30. The maximum absolute atomic E-state index is 9.40. The highest BCUT2D eigenvalue weighted by atomic mass is 32.2. The van der Waals surface area contributed by atoms with Crippen LogP contribution >= 0.6 is 11.8 Å². The molecule has 6 atom stereocenters. The fourth-order valence-corrected chi connectivity index (χ4v) is 6.30. The third kappa shape index (κ3) is 4.33. The Kier molecular flexibility index (Phi) is 6.10. The normalized spacial score (nSPS) is 30.3. The molecule has 3 heterocycles. The number of nitriles is 1. The molecule has 6 rings (SSSR count). The number of aromatic nitrogens is 5. The van der Waals surface area contributed by atoms with Gasteiger partial charge in [-0.15, -0.1) is 5.10 Å². The number of fused-ring (bicyclic) bond motifs is 2. The van der Waals surface area contributed by atoms with Gasteiger partial charge in [0.05, 0.1) is 18.2 Å². The molecule has 0 radical (unpaired) electrons. The van der Waals surface area contributed by atoms with Crippen molar-refractivity contribution in [1.29, 1.82) is 5.26 Å². The van der Waals surface area contributed by atoms with Crippen molar-refractivity contribution in [3.63, 3.8) is 0 Å². The third-order valence-corrected chi connectivity index (χ3v) is 8.35. The van der Waals surface area contributed by atoms with Crippen LogP contribution in [0.2, 0.25) is 0 Å². The molecule has 2 aliphatic carbocycles. The quantitative estimate of drug-likeness (QED) is 0.344. The fraction of sp³-hybridized carbons (Fsp3) is 0.577. The summed E-state index contributed by atoms with van der Waals surface area (Å²) in [6.45, 7) is 6.00. The van der Waals surface area contributed by atoms with E-state index in [2.05, 4.69) is 52.9 Å². The Labute approximate surface area is 215 Å². The number of hydrogen-bond donors (Lipinski definition) is 1. The molecule has 3 fully saturated rings.